The fourth-order valence-corrected chi connectivity index (χ4v) is 5.52. The summed E-state index contributed by atoms with van der Waals surface area (Å²) in [4.78, 5) is 13.7. The van der Waals surface area contributed by atoms with Crippen LogP contribution in [0.4, 0.5) is 34.4 Å². The van der Waals surface area contributed by atoms with Crippen LogP contribution in [0.5, 0.6) is 0 Å². The summed E-state index contributed by atoms with van der Waals surface area (Å²) >= 11 is 0. The fraction of sp³-hybridized carbons (Fsp3) is 0.176. The summed E-state index contributed by atoms with van der Waals surface area (Å²) in [5, 5.41) is 0. The lowest BCUT2D eigenvalue weighted by atomic mass is 9.98. The van der Waals surface area contributed by atoms with Crippen molar-refractivity contribution >= 4 is 34.4 Å². The zero-order valence-electron chi connectivity index (χ0n) is 23.0. The quantitative estimate of drug-likeness (QED) is 0.233. The van der Waals surface area contributed by atoms with Crippen molar-refractivity contribution in [2.75, 3.05) is 9.80 Å². The molecule has 0 N–H and O–H groups in total. The maximum absolute atomic E-state index is 4.62. The number of aryl methyl sites for hydroxylation is 6. The molecule has 0 aliphatic carbocycles. The highest BCUT2D eigenvalue weighted by atomic mass is 15.2. The van der Waals surface area contributed by atoms with E-state index >= 15 is 0 Å². The normalized spacial score (nSPS) is 10.9. The van der Waals surface area contributed by atoms with E-state index in [2.05, 4.69) is 110 Å². The second kappa shape index (κ2) is 10.5. The first kappa shape index (κ1) is 25.2. The Balaban J connectivity index is 1.68. The number of benzene rings is 3. The van der Waals surface area contributed by atoms with Crippen LogP contribution in [0.15, 0.2) is 97.3 Å². The van der Waals surface area contributed by atoms with E-state index in [0.29, 0.717) is 0 Å². The second-order valence-corrected chi connectivity index (χ2v) is 10.1. The zero-order chi connectivity index (χ0) is 26.8. The third-order valence-electron chi connectivity index (χ3n) is 6.84. The summed E-state index contributed by atoms with van der Waals surface area (Å²) < 4.78 is 0. The first-order valence-corrected chi connectivity index (χ1v) is 13.0. The van der Waals surface area contributed by atoms with Crippen LogP contribution >= 0.6 is 0 Å². The first-order chi connectivity index (χ1) is 18.3. The average Bonchev–Trinajstić information content (AvgIpc) is 2.89. The van der Waals surface area contributed by atoms with Gasteiger partial charge in [-0.15, -0.1) is 0 Å². The van der Waals surface area contributed by atoms with Crippen LogP contribution < -0.4 is 9.80 Å². The third kappa shape index (κ3) is 4.90. The molecular formula is C34H34N4. The van der Waals surface area contributed by atoms with Gasteiger partial charge in [-0.25, -0.2) is 9.97 Å². The van der Waals surface area contributed by atoms with Crippen molar-refractivity contribution in [3.63, 3.8) is 0 Å². The molecule has 4 nitrogen and oxygen atoms in total. The molecule has 38 heavy (non-hydrogen) atoms. The van der Waals surface area contributed by atoms with E-state index in [0.717, 1.165) is 23.0 Å². The monoisotopic (exact) mass is 498 g/mol. The van der Waals surface area contributed by atoms with Gasteiger partial charge in [0.25, 0.3) is 0 Å². The van der Waals surface area contributed by atoms with E-state index in [1.807, 2.05) is 48.8 Å². The van der Waals surface area contributed by atoms with Crippen LogP contribution in [0.1, 0.15) is 33.4 Å². The van der Waals surface area contributed by atoms with Gasteiger partial charge in [-0.05, 0) is 112 Å². The van der Waals surface area contributed by atoms with Crippen LogP contribution in [-0.2, 0) is 0 Å². The molecule has 5 rings (SSSR count). The van der Waals surface area contributed by atoms with Crippen molar-refractivity contribution in [3.05, 3.63) is 131 Å². The van der Waals surface area contributed by atoms with Gasteiger partial charge in [-0.2, -0.15) is 0 Å². The molecule has 190 valence electrons. The Morgan fingerprint density at radius 3 is 1.16 bits per heavy atom. The number of hydrogen-bond acceptors (Lipinski definition) is 4. The number of nitrogens with zero attached hydrogens (tertiary/aromatic N) is 4. The fourth-order valence-electron chi connectivity index (χ4n) is 5.52. The molecule has 5 aromatic rings. The van der Waals surface area contributed by atoms with Crippen LogP contribution in [0.25, 0.3) is 0 Å². The van der Waals surface area contributed by atoms with Crippen LogP contribution in [-0.4, -0.2) is 9.97 Å². The Labute approximate surface area is 226 Å². The van der Waals surface area contributed by atoms with Crippen molar-refractivity contribution in [3.8, 4) is 0 Å². The molecule has 0 saturated heterocycles. The SMILES string of the molecule is Cc1cc(C)c(N(c2ccc(N(c3ccccn3)c3ccccn3)cc2)c2c(C)cc(C)cc2C)c(C)c1. The van der Waals surface area contributed by atoms with Crippen molar-refractivity contribution in [2.24, 2.45) is 0 Å². The van der Waals surface area contributed by atoms with Crippen LogP contribution in [0, 0.1) is 41.5 Å². The molecule has 0 unspecified atom stereocenters. The third-order valence-corrected chi connectivity index (χ3v) is 6.84. The molecule has 2 heterocycles. The Morgan fingerprint density at radius 1 is 0.447 bits per heavy atom. The zero-order valence-corrected chi connectivity index (χ0v) is 23.0. The van der Waals surface area contributed by atoms with Crippen molar-refractivity contribution in [1.82, 2.24) is 9.97 Å². The molecule has 0 aliphatic rings. The number of pyridine rings is 2. The maximum atomic E-state index is 4.62. The van der Waals surface area contributed by atoms with Crippen LogP contribution in [0.2, 0.25) is 0 Å². The topological polar surface area (TPSA) is 32.3 Å². The Kier molecular flexibility index (Phi) is 6.97. The van der Waals surface area contributed by atoms with Gasteiger partial charge >= 0.3 is 0 Å². The van der Waals surface area contributed by atoms with Gasteiger partial charge in [0, 0.05) is 23.8 Å². The highest BCUT2D eigenvalue weighted by molar-refractivity contribution is 5.85. The van der Waals surface area contributed by atoms with E-state index in [1.165, 1.54) is 44.8 Å². The molecule has 0 spiro atoms. The summed E-state index contributed by atoms with van der Waals surface area (Å²) in [5.74, 6) is 1.65. The molecule has 0 atom stereocenters. The van der Waals surface area contributed by atoms with Gasteiger partial charge in [-0.3, -0.25) is 4.90 Å². The van der Waals surface area contributed by atoms with Gasteiger partial charge in [0.15, 0.2) is 0 Å². The molecule has 3 aromatic carbocycles. The highest BCUT2D eigenvalue weighted by Crippen LogP contribution is 2.43. The van der Waals surface area contributed by atoms with E-state index in [9.17, 15) is 0 Å². The minimum absolute atomic E-state index is 0.825. The summed E-state index contributed by atoms with van der Waals surface area (Å²) in [6, 6.07) is 29.7. The highest BCUT2D eigenvalue weighted by Gasteiger charge is 2.22. The standard InChI is InChI=1S/C34H34N4/c1-23-19-25(3)33(26(4)20-23)38(34-27(5)21-24(2)22-28(34)6)30-15-13-29(14-16-30)37(31-11-7-9-17-35-31)32-12-8-10-18-36-32/h7-22H,1-6H3. The summed E-state index contributed by atoms with van der Waals surface area (Å²) in [6.45, 7) is 13.2. The predicted molar refractivity (Wildman–Crippen MR) is 160 cm³/mol. The number of hydrogen-bond donors (Lipinski definition) is 0. The summed E-state index contributed by atoms with van der Waals surface area (Å²) in [6.07, 6.45) is 3.63. The van der Waals surface area contributed by atoms with Gasteiger partial charge in [-0.1, -0.05) is 47.5 Å². The largest absolute Gasteiger partial charge is 0.309 e. The number of rotatable bonds is 6. The summed E-state index contributed by atoms with van der Waals surface area (Å²) in [7, 11) is 0. The lowest BCUT2D eigenvalue weighted by molar-refractivity contribution is 1.12. The lowest BCUT2D eigenvalue weighted by Crippen LogP contribution is -2.16. The first-order valence-electron chi connectivity index (χ1n) is 13.0. The molecule has 4 heteroatoms. The molecular weight excluding hydrogens is 464 g/mol. The Bertz CT molecular complexity index is 1420. The number of anilines is 6. The van der Waals surface area contributed by atoms with E-state index in [4.69, 9.17) is 0 Å². The maximum Gasteiger partial charge on any atom is 0.138 e. The smallest absolute Gasteiger partial charge is 0.138 e. The van der Waals surface area contributed by atoms with Crippen LogP contribution in [0.3, 0.4) is 0 Å². The van der Waals surface area contributed by atoms with E-state index in [-0.39, 0.29) is 0 Å². The summed E-state index contributed by atoms with van der Waals surface area (Å²) in [5.41, 5.74) is 12.2. The molecule has 0 amide bonds. The molecule has 0 bridgehead atoms. The van der Waals surface area contributed by atoms with E-state index in [1.54, 1.807) is 0 Å². The molecule has 0 aliphatic heterocycles. The van der Waals surface area contributed by atoms with Gasteiger partial charge < -0.3 is 4.90 Å². The van der Waals surface area contributed by atoms with Crippen molar-refractivity contribution in [2.45, 2.75) is 41.5 Å². The average molecular weight is 499 g/mol. The van der Waals surface area contributed by atoms with Crippen molar-refractivity contribution in [1.29, 1.82) is 0 Å². The predicted octanol–water partition coefficient (Wildman–Crippen LogP) is 9.27. The number of aromatic nitrogens is 2. The Hall–Kier alpha value is -4.44. The Morgan fingerprint density at radius 2 is 0.816 bits per heavy atom. The lowest BCUT2D eigenvalue weighted by Gasteiger charge is -2.32. The second-order valence-electron chi connectivity index (χ2n) is 10.1. The van der Waals surface area contributed by atoms with Crippen molar-refractivity contribution < 1.29 is 0 Å². The molecule has 0 saturated carbocycles. The molecule has 0 fully saturated rings. The van der Waals surface area contributed by atoms with E-state index < -0.39 is 0 Å². The van der Waals surface area contributed by atoms with Gasteiger partial charge in [0.2, 0.25) is 0 Å². The van der Waals surface area contributed by atoms with Gasteiger partial charge in [0.1, 0.15) is 11.6 Å². The van der Waals surface area contributed by atoms with Gasteiger partial charge in [0.05, 0.1) is 11.4 Å². The minimum Gasteiger partial charge on any atom is -0.309 e. The molecule has 2 aromatic heterocycles. The molecule has 0 radical (unpaired) electrons. The minimum atomic E-state index is 0.825.